The van der Waals surface area contributed by atoms with Gasteiger partial charge in [0.2, 0.25) is 5.91 Å². The summed E-state index contributed by atoms with van der Waals surface area (Å²) in [4.78, 5) is 26.3. The van der Waals surface area contributed by atoms with Crippen molar-refractivity contribution in [3.63, 3.8) is 0 Å². The topological polar surface area (TPSA) is 67.9 Å². The molecule has 0 bridgehead atoms. The highest BCUT2D eigenvalue weighted by atomic mass is 16.5. The van der Waals surface area contributed by atoms with Gasteiger partial charge in [-0.3, -0.25) is 9.59 Å². The monoisotopic (exact) mass is 396 g/mol. The molecule has 1 heterocycles. The Bertz CT molecular complexity index is 848. The van der Waals surface area contributed by atoms with Gasteiger partial charge in [0.25, 0.3) is 5.91 Å². The SMILES string of the molecule is CCCCCOc1ccc(C(=O)Nc2ccc(N3CCCC3=O)c(OC)c2)cc1. The zero-order chi connectivity index (χ0) is 20.6. The van der Waals surface area contributed by atoms with Crippen molar-refractivity contribution in [1.82, 2.24) is 0 Å². The Morgan fingerprint density at radius 2 is 1.93 bits per heavy atom. The number of nitrogens with zero attached hydrogens (tertiary/aromatic N) is 1. The second kappa shape index (κ2) is 9.96. The summed E-state index contributed by atoms with van der Waals surface area (Å²) in [6.45, 7) is 3.53. The van der Waals surface area contributed by atoms with Gasteiger partial charge in [0.15, 0.2) is 0 Å². The number of unbranched alkanes of at least 4 members (excludes halogenated alkanes) is 2. The number of ether oxygens (including phenoxy) is 2. The molecule has 6 nitrogen and oxygen atoms in total. The molecule has 0 spiro atoms. The summed E-state index contributed by atoms with van der Waals surface area (Å²) >= 11 is 0. The van der Waals surface area contributed by atoms with Crippen LogP contribution in [0.1, 0.15) is 49.4 Å². The Morgan fingerprint density at radius 1 is 1.14 bits per heavy atom. The van der Waals surface area contributed by atoms with Gasteiger partial charge in [-0.15, -0.1) is 0 Å². The molecule has 1 saturated heterocycles. The van der Waals surface area contributed by atoms with Crippen molar-refractivity contribution in [2.24, 2.45) is 0 Å². The lowest BCUT2D eigenvalue weighted by Gasteiger charge is -2.19. The average molecular weight is 396 g/mol. The van der Waals surface area contributed by atoms with Crippen molar-refractivity contribution < 1.29 is 19.1 Å². The maximum absolute atomic E-state index is 12.6. The first-order valence-corrected chi connectivity index (χ1v) is 10.1. The Kier molecular flexibility index (Phi) is 7.11. The van der Waals surface area contributed by atoms with Gasteiger partial charge in [0, 0.05) is 30.3 Å². The molecule has 0 aromatic heterocycles. The van der Waals surface area contributed by atoms with E-state index in [1.807, 2.05) is 18.2 Å². The van der Waals surface area contributed by atoms with Crippen LogP contribution in [0.25, 0.3) is 0 Å². The lowest BCUT2D eigenvalue weighted by atomic mass is 10.2. The molecular formula is C23H28N2O4. The van der Waals surface area contributed by atoms with Crippen LogP contribution in [-0.4, -0.2) is 32.1 Å². The van der Waals surface area contributed by atoms with Crippen molar-refractivity contribution >= 4 is 23.2 Å². The lowest BCUT2D eigenvalue weighted by molar-refractivity contribution is -0.117. The molecule has 1 N–H and O–H groups in total. The first-order chi connectivity index (χ1) is 14.1. The predicted octanol–water partition coefficient (Wildman–Crippen LogP) is 4.64. The minimum absolute atomic E-state index is 0.0945. The number of anilines is 2. The summed E-state index contributed by atoms with van der Waals surface area (Å²) in [7, 11) is 1.56. The molecule has 0 aliphatic carbocycles. The molecule has 1 aliphatic heterocycles. The highest BCUT2D eigenvalue weighted by Crippen LogP contribution is 2.34. The number of benzene rings is 2. The molecule has 29 heavy (non-hydrogen) atoms. The van der Waals surface area contributed by atoms with Crippen LogP contribution in [0, 0.1) is 0 Å². The number of carbonyl (C=O) groups excluding carboxylic acids is 2. The summed E-state index contributed by atoms with van der Waals surface area (Å²) in [6.07, 6.45) is 4.73. The van der Waals surface area contributed by atoms with Gasteiger partial charge in [-0.05, 0) is 49.2 Å². The highest BCUT2D eigenvalue weighted by molar-refractivity contribution is 6.05. The number of methoxy groups -OCH3 is 1. The van der Waals surface area contributed by atoms with Crippen LogP contribution < -0.4 is 19.7 Å². The van der Waals surface area contributed by atoms with E-state index in [2.05, 4.69) is 12.2 Å². The Hall–Kier alpha value is -3.02. The second-order valence-electron chi connectivity index (χ2n) is 7.07. The van der Waals surface area contributed by atoms with E-state index in [4.69, 9.17) is 9.47 Å². The van der Waals surface area contributed by atoms with Crippen molar-refractivity contribution in [2.75, 3.05) is 30.5 Å². The predicted molar refractivity (Wildman–Crippen MR) is 114 cm³/mol. The normalized spacial score (nSPS) is 13.4. The second-order valence-corrected chi connectivity index (χ2v) is 7.07. The van der Waals surface area contributed by atoms with Crippen LogP contribution in [0.4, 0.5) is 11.4 Å². The molecule has 2 aromatic carbocycles. The fourth-order valence-corrected chi connectivity index (χ4v) is 3.33. The smallest absolute Gasteiger partial charge is 0.255 e. The van der Waals surface area contributed by atoms with Crippen molar-refractivity contribution in [3.8, 4) is 11.5 Å². The third-order valence-corrected chi connectivity index (χ3v) is 4.93. The van der Waals surface area contributed by atoms with E-state index >= 15 is 0 Å². The third-order valence-electron chi connectivity index (χ3n) is 4.93. The van der Waals surface area contributed by atoms with Gasteiger partial charge < -0.3 is 19.7 Å². The summed E-state index contributed by atoms with van der Waals surface area (Å²) < 4.78 is 11.1. The minimum atomic E-state index is -0.213. The van der Waals surface area contributed by atoms with Crippen LogP contribution in [-0.2, 0) is 4.79 Å². The van der Waals surface area contributed by atoms with E-state index in [1.165, 1.54) is 0 Å². The molecule has 0 radical (unpaired) electrons. The van der Waals surface area contributed by atoms with E-state index in [1.54, 1.807) is 36.3 Å². The summed E-state index contributed by atoms with van der Waals surface area (Å²) in [5.74, 6) is 1.21. The van der Waals surface area contributed by atoms with E-state index < -0.39 is 0 Å². The first kappa shape index (κ1) is 20.7. The van der Waals surface area contributed by atoms with Crippen LogP contribution in [0.3, 0.4) is 0 Å². The Morgan fingerprint density at radius 3 is 2.59 bits per heavy atom. The van der Waals surface area contributed by atoms with Gasteiger partial charge in [0.1, 0.15) is 11.5 Å². The average Bonchev–Trinajstić information content (AvgIpc) is 3.17. The number of carbonyl (C=O) groups is 2. The molecular weight excluding hydrogens is 368 g/mol. The van der Waals surface area contributed by atoms with Crippen LogP contribution in [0.5, 0.6) is 11.5 Å². The van der Waals surface area contributed by atoms with E-state index in [9.17, 15) is 9.59 Å². The van der Waals surface area contributed by atoms with E-state index in [0.29, 0.717) is 36.6 Å². The summed E-state index contributed by atoms with van der Waals surface area (Å²) in [6, 6.07) is 12.5. The molecule has 6 heteroatoms. The van der Waals surface area contributed by atoms with Gasteiger partial charge in [-0.25, -0.2) is 0 Å². The number of rotatable bonds is 9. The summed E-state index contributed by atoms with van der Waals surface area (Å²) in [5.41, 5.74) is 1.89. The zero-order valence-corrected chi connectivity index (χ0v) is 17.1. The van der Waals surface area contributed by atoms with Crippen LogP contribution >= 0.6 is 0 Å². The highest BCUT2D eigenvalue weighted by Gasteiger charge is 2.24. The molecule has 0 atom stereocenters. The van der Waals surface area contributed by atoms with Crippen molar-refractivity contribution in [2.45, 2.75) is 39.0 Å². The molecule has 154 valence electrons. The van der Waals surface area contributed by atoms with E-state index in [-0.39, 0.29) is 11.8 Å². The molecule has 0 unspecified atom stereocenters. The summed E-state index contributed by atoms with van der Waals surface area (Å²) in [5, 5.41) is 2.88. The maximum Gasteiger partial charge on any atom is 0.255 e. The fraction of sp³-hybridized carbons (Fsp3) is 0.391. The zero-order valence-electron chi connectivity index (χ0n) is 17.1. The molecule has 2 amide bonds. The van der Waals surface area contributed by atoms with Crippen LogP contribution in [0.2, 0.25) is 0 Å². The maximum atomic E-state index is 12.6. The number of amides is 2. The number of hydrogen-bond acceptors (Lipinski definition) is 4. The standard InChI is InChI=1S/C23H28N2O4/c1-3-4-5-15-29-19-11-8-17(9-12-19)23(27)24-18-10-13-20(21(16-18)28-2)25-14-6-7-22(25)26/h8-13,16H,3-7,14-15H2,1-2H3,(H,24,27). The minimum Gasteiger partial charge on any atom is -0.494 e. The number of nitrogens with one attached hydrogen (secondary N) is 1. The molecule has 1 fully saturated rings. The van der Waals surface area contributed by atoms with Gasteiger partial charge in [0.05, 0.1) is 19.4 Å². The Labute approximate surface area is 171 Å². The van der Waals surface area contributed by atoms with Crippen molar-refractivity contribution in [3.05, 3.63) is 48.0 Å². The van der Waals surface area contributed by atoms with Gasteiger partial charge in [-0.2, -0.15) is 0 Å². The third kappa shape index (κ3) is 5.28. The molecule has 0 saturated carbocycles. The molecule has 2 aromatic rings. The first-order valence-electron chi connectivity index (χ1n) is 10.1. The Balaban J connectivity index is 1.63. The largest absolute Gasteiger partial charge is 0.494 e. The van der Waals surface area contributed by atoms with Crippen molar-refractivity contribution in [1.29, 1.82) is 0 Å². The van der Waals surface area contributed by atoms with E-state index in [0.717, 1.165) is 37.1 Å². The van der Waals surface area contributed by atoms with Gasteiger partial charge >= 0.3 is 0 Å². The lowest BCUT2D eigenvalue weighted by Crippen LogP contribution is -2.24. The fourth-order valence-electron chi connectivity index (χ4n) is 3.33. The van der Waals surface area contributed by atoms with Crippen LogP contribution in [0.15, 0.2) is 42.5 Å². The van der Waals surface area contributed by atoms with Gasteiger partial charge in [-0.1, -0.05) is 19.8 Å². The number of hydrogen-bond donors (Lipinski definition) is 1. The molecule has 3 rings (SSSR count). The molecule has 1 aliphatic rings. The quantitative estimate of drug-likeness (QED) is 0.627.